The minimum Gasteiger partial charge on any atom is -0.595 e. The highest BCUT2D eigenvalue weighted by Crippen LogP contribution is 2.36. The number of benzene rings is 1. The van der Waals surface area contributed by atoms with Crippen LogP contribution in [-0.4, -0.2) is 23.0 Å². The summed E-state index contributed by atoms with van der Waals surface area (Å²) in [6.07, 6.45) is 0.00527. The first-order valence-corrected chi connectivity index (χ1v) is 8.07. The first-order valence-electron chi connectivity index (χ1n) is 8.07. The highest BCUT2D eigenvalue weighted by Gasteiger charge is 2.38. The van der Waals surface area contributed by atoms with E-state index in [1.807, 2.05) is 6.07 Å². The largest absolute Gasteiger partial charge is 0.595 e. The fourth-order valence-electron chi connectivity index (χ4n) is 3.00. The summed E-state index contributed by atoms with van der Waals surface area (Å²) < 4.78 is 5.09. The molecule has 1 heterocycles. The molecule has 0 aliphatic carbocycles. The topological polar surface area (TPSA) is 158 Å². The molecule has 10 nitrogen and oxygen atoms in total. The number of hydrogen-bond acceptors (Lipinski definition) is 8. The molecular weight excluding hydrogens is 356 g/mol. The van der Waals surface area contributed by atoms with E-state index in [-0.39, 0.29) is 30.0 Å². The number of nitrogens with one attached hydrogen (secondary N) is 3. The van der Waals surface area contributed by atoms with Crippen molar-refractivity contribution in [1.29, 1.82) is 5.26 Å². The average molecular weight is 376 g/mol. The number of carbonyl (C=O) groups is 1. The maximum Gasteiger partial charge on any atom is 0.337 e. The van der Waals surface area contributed by atoms with Crippen LogP contribution in [0.4, 0.5) is 5.69 Å². The van der Waals surface area contributed by atoms with Crippen LogP contribution in [0.25, 0.3) is 0 Å². The molecule has 5 N–H and O–H groups in total. The molecule has 144 valence electrons. The molecule has 10 heteroatoms. The molecule has 0 saturated carbocycles. The lowest BCUT2D eigenvalue weighted by Crippen LogP contribution is -3.03. The van der Waals surface area contributed by atoms with E-state index in [0.29, 0.717) is 17.0 Å². The summed E-state index contributed by atoms with van der Waals surface area (Å²) in [5.41, 5.74) is 1.07. The third kappa shape index (κ3) is 4.50. The number of nitrogens with zero attached hydrogens (tertiary/aromatic N) is 1. The molecule has 1 aliphatic heterocycles. The summed E-state index contributed by atoms with van der Waals surface area (Å²) in [5.74, 6) is -1.76. The second kappa shape index (κ2) is 8.74. The van der Waals surface area contributed by atoms with Gasteiger partial charge in [0.05, 0.1) is 29.7 Å². The molecule has 0 bridgehead atoms. The summed E-state index contributed by atoms with van der Waals surface area (Å²) in [5, 5.41) is 51.1. The van der Waals surface area contributed by atoms with Crippen LogP contribution >= 0.6 is 0 Å². The molecule has 1 aromatic rings. The number of hydrogen-bond donors (Lipinski definition) is 5. The van der Waals surface area contributed by atoms with E-state index in [1.54, 1.807) is 19.9 Å². The number of ether oxygens (including phenoxy) is 1. The number of carbonyl (C=O) groups excluding carboxylic acids is 1. The van der Waals surface area contributed by atoms with Gasteiger partial charge in [0.1, 0.15) is 6.61 Å². The maximum atomic E-state index is 12.6. The number of rotatable bonds is 6. The molecule has 1 aromatic carbocycles. The zero-order chi connectivity index (χ0) is 20.1. The van der Waals surface area contributed by atoms with Crippen LogP contribution in [0.3, 0.4) is 0 Å². The van der Waals surface area contributed by atoms with E-state index in [1.165, 1.54) is 18.2 Å². The van der Waals surface area contributed by atoms with Crippen molar-refractivity contribution < 1.29 is 30.4 Å². The van der Waals surface area contributed by atoms with E-state index in [4.69, 9.17) is 10.00 Å². The second-order valence-electron chi connectivity index (χ2n) is 5.92. The monoisotopic (exact) mass is 376 g/mol. The Hall–Kier alpha value is -2.78. The van der Waals surface area contributed by atoms with Gasteiger partial charge < -0.3 is 20.5 Å². The molecule has 0 saturated heterocycles. The fourth-order valence-corrected chi connectivity index (χ4v) is 3.00. The van der Waals surface area contributed by atoms with Crippen molar-refractivity contribution in [3.05, 3.63) is 62.9 Å². The molecular formula is C17H20N4O6. The van der Waals surface area contributed by atoms with Crippen molar-refractivity contribution >= 4 is 11.7 Å². The minimum absolute atomic E-state index is 0.00527. The predicted octanol–water partition coefficient (Wildman–Crippen LogP) is -0.489. The lowest BCUT2D eigenvalue weighted by molar-refractivity contribution is -1.02. The van der Waals surface area contributed by atoms with E-state index in [9.17, 15) is 25.6 Å². The van der Waals surface area contributed by atoms with Crippen LogP contribution in [0.2, 0.25) is 0 Å². The zero-order valence-electron chi connectivity index (χ0n) is 14.8. The van der Waals surface area contributed by atoms with Crippen LogP contribution < -0.4 is 15.8 Å². The van der Waals surface area contributed by atoms with Gasteiger partial charge in [0.25, 0.3) is 0 Å². The molecule has 0 spiro atoms. The van der Waals surface area contributed by atoms with Gasteiger partial charge in [0, 0.05) is 17.8 Å². The van der Waals surface area contributed by atoms with Crippen molar-refractivity contribution in [3.8, 4) is 6.07 Å². The van der Waals surface area contributed by atoms with Gasteiger partial charge in [-0.25, -0.2) is 15.2 Å². The van der Waals surface area contributed by atoms with Gasteiger partial charge in [-0.1, -0.05) is 12.1 Å². The number of hydroxylamine groups is 2. The van der Waals surface area contributed by atoms with Gasteiger partial charge in [0.2, 0.25) is 0 Å². The molecule has 0 fully saturated rings. The number of nitriles is 1. The highest BCUT2D eigenvalue weighted by atomic mass is 16.8. The van der Waals surface area contributed by atoms with Crippen molar-refractivity contribution in [2.45, 2.75) is 26.2 Å². The SMILES string of the molecule is CC1=C(C(=O)OCCC#N)C(c2cccc([NH+]([O-])O)c2)C([NH+]([O-])O)=C(C)N1. The lowest BCUT2D eigenvalue weighted by Gasteiger charge is -2.32. The molecule has 1 aliphatic rings. The maximum absolute atomic E-state index is 12.6. The van der Waals surface area contributed by atoms with Crippen molar-refractivity contribution in [2.24, 2.45) is 0 Å². The summed E-state index contributed by atoms with van der Waals surface area (Å²) in [6, 6.07) is 7.63. The van der Waals surface area contributed by atoms with E-state index in [0.717, 1.165) is 0 Å². The quantitative estimate of drug-likeness (QED) is 0.253. The Labute approximate surface area is 155 Å². The van der Waals surface area contributed by atoms with Gasteiger partial charge in [-0.05, 0) is 19.4 Å². The van der Waals surface area contributed by atoms with Gasteiger partial charge in [-0.3, -0.25) is 0 Å². The van der Waals surface area contributed by atoms with Crippen LogP contribution in [0, 0.1) is 21.7 Å². The van der Waals surface area contributed by atoms with Gasteiger partial charge in [-0.2, -0.15) is 15.7 Å². The molecule has 3 atom stereocenters. The van der Waals surface area contributed by atoms with Crippen LogP contribution in [-0.2, 0) is 9.53 Å². The molecule has 0 amide bonds. The third-order valence-electron chi connectivity index (χ3n) is 4.12. The van der Waals surface area contributed by atoms with E-state index >= 15 is 0 Å². The Balaban J connectivity index is 2.56. The number of dihydropyridines is 1. The highest BCUT2D eigenvalue weighted by molar-refractivity contribution is 5.92. The average Bonchev–Trinajstić information content (AvgIpc) is 2.60. The van der Waals surface area contributed by atoms with Gasteiger partial charge in [0.15, 0.2) is 11.4 Å². The molecule has 0 aromatic heterocycles. The first-order chi connectivity index (χ1) is 12.8. The molecule has 0 radical (unpaired) electrons. The normalized spacial score (nSPS) is 19.2. The summed E-state index contributed by atoms with van der Waals surface area (Å²) in [4.78, 5) is 12.6. The van der Waals surface area contributed by atoms with Crippen molar-refractivity contribution in [2.75, 3.05) is 6.61 Å². The first kappa shape index (κ1) is 20.5. The fraction of sp³-hybridized carbons (Fsp3) is 0.294. The van der Waals surface area contributed by atoms with Gasteiger partial charge >= 0.3 is 5.97 Å². The Bertz CT molecular complexity index is 825. The van der Waals surface area contributed by atoms with E-state index < -0.39 is 22.3 Å². The molecule has 2 rings (SSSR count). The number of esters is 1. The van der Waals surface area contributed by atoms with Crippen molar-refractivity contribution in [3.63, 3.8) is 0 Å². The summed E-state index contributed by atoms with van der Waals surface area (Å²) in [7, 11) is 0. The predicted molar refractivity (Wildman–Crippen MR) is 90.8 cm³/mol. The smallest absolute Gasteiger partial charge is 0.337 e. The van der Waals surface area contributed by atoms with E-state index in [2.05, 4.69) is 5.32 Å². The second-order valence-corrected chi connectivity index (χ2v) is 5.92. The molecule has 3 unspecified atom stereocenters. The zero-order valence-corrected chi connectivity index (χ0v) is 14.8. The standard InChI is InChI=1S/C17H20N4O6/c1-10-14(17(22)27-8-4-7-18)15(16(21(25)26)11(2)19-10)12-5-3-6-13(9-12)20(23)24/h3,5-6,9,15,19-21,23,25H,4,8H2,1-2H3. The number of quaternary nitrogens is 2. The Morgan fingerprint density at radius 2 is 2.00 bits per heavy atom. The lowest BCUT2D eigenvalue weighted by atomic mass is 9.84. The van der Waals surface area contributed by atoms with Crippen LogP contribution in [0.5, 0.6) is 0 Å². The van der Waals surface area contributed by atoms with Crippen molar-refractivity contribution in [1.82, 2.24) is 5.32 Å². The third-order valence-corrected chi connectivity index (χ3v) is 4.12. The molecule has 27 heavy (non-hydrogen) atoms. The van der Waals surface area contributed by atoms with Crippen LogP contribution in [0.15, 0.2) is 46.9 Å². The van der Waals surface area contributed by atoms with Gasteiger partial charge in [-0.15, -0.1) is 0 Å². The minimum atomic E-state index is -1.24. The van der Waals surface area contributed by atoms with Crippen LogP contribution in [0.1, 0.15) is 31.7 Å². The Kier molecular flexibility index (Phi) is 6.65. The number of allylic oxidation sites excluding steroid dienone is 3. The summed E-state index contributed by atoms with van der Waals surface area (Å²) >= 11 is 0. The Morgan fingerprint density at radius 3 is 2.59 bits per heavy atom. The summed E-state index contributed by atoms with van der Waals surface area (Å²) in [6.45, 7) is 3.05. The Morgan fingerprint density at radius 1 is 1.30 bits per heavy atom.